The van der Waals surface area contributed by atoms with Gasteiger partial charge in [0.25, 0.3) is 0 Å². The van der Waals surface area contributed by atoms with Crippen LogP contribution in [0.25, 0.3) is 0 Å². The van der Waals surface area contributed by atoms with E-state index in [2.05, 4.69) is 20.9 Å². The van der Waals surface area contributed by atoms with E-state index in [1.807, 2.05) is 39.0 Å². The fourth-order valence-corrected chi connectivity index (χ4v) is 2.19. The molecule has 0 radical (unpaired) electrons. The summed E-state index contributed by atoms with van der Waals surface area (Å²) in [6.07, 6.45) is 0.915. The van der Waals surface area contributed by atoms with Gasteiger partial charge in [0.15, 0.2) is 5.96 Å². The van der Waals surface area contributed by atoms with Crippen molar-refractivity contribution in [2.24, 2.45) is 4.99 Å². The Labute approximate surface area is 179 Å². The standard InChI is InChI=1S/C19H32N4O3.HI/c1-5-9-21-18(24)14-23-19(20-4)22-13-16-8-7-15(3)12-17(16)26-11-10-25-6-2;/h7-8,12H,5-6,9-11,13-14H2,1-4H3,(H,21,24)(H2,20,22,23);1H. The van der Waals surface area contributed by atoms with E-state index in [1.165, 1.54) is 0 Å². The molecule has 0 fully saturated rings. The quantitative estimate of drug-likeness (QED) is 0.191. The lowest BCUT2D eigenvalue weighted by Gasteiger charge is -2.15. The Hall–Kier alpha value is -1.55. The minimum Gasteiger partial charge on any atom is -0.491 e. The number of nitrogens with one attached hydrogen (secondary N) is 3. The van der Waals surface area contributed by atoms with Gasteiger partial charge >= 0.3 is 0 Å². The van der Waals surface area contributed by atoms with Gasteiger partial charge in [-0.15, -0.1) is 24.0 Å². The van der Waals surface area contributed by atoms with E-state index in [0.717, 1.165) is 23.3 Å². The molecule has 8 heteroatoms. The van der Waals surface area contributed by atoms with Crippen LogP contribution in [-0.2, 0) is 16.1 Å². The van der Waals surface area contributed by atoms with Gasteiger partial charge in [-0.1, -0.05) is 19.1 Å². The molecule has 7 nitrogen and oxygen atoms in total. The van der Waals surface area contributed by atoms with Gasteiger partial charge in [0.1, 0.15) is 12.4 Å². The maximum atomic E-state index is 11.7. The first-order chi connectivity index (χ1) is 12.6. The molecule has 0 atom stereocenters. The number of ether oxygens (including phenoxy) is 2. The van der Waals surface area contributed by atoms with Gasteiger partial charge in [-0.25, -0.2) is 0 Å². The third-order valence-electron chi connectivity index (χ3n) is 3.57. The summed E-state index contributed by atoms with van der Waals surface area (Å²) in [5.41, 5.74) is 2.15. The highest BCUT2D eigenvalue weighted by atomic mass is 127. The Morgan fingerprint density at radius 3 is 2.59 bits per heavy atom. The third kappa shape index (κ3) is 11.0. The SMILES string of the molecule is CCCNC(=O)CNC(=NC)NCc1ccc(C)cc1OCCOCC.I. The van der Waals surface area contributed by atoms with Crippen LogP contribution in [0, 0.1) is 6.92 Å². The maximum Gasteiger partial charge on any atom is 0.239 e. The topological polar surface area (TPSA) is 84.0 Å². The Bertz CT molecular complexity index is 582. The van der Waals surface area contributed by atoms with Crippen LogP contribution in [0.5, 0.6) is 5.75 Å². The molecule has 0 heterocycles. The number of guanidine groups is 1. The first-order valence-corrected chi connectivity index (χ1v) is 9.12. The molecule has 0 aliphatic heterocycles. The van der Waals surface area contributed by atoms with Gasteiger partial charge in [-0.2, -0.15) is 0 Å². The fraction of sp³-hybridized carbons (Fsp3) is 0.579. The van der Waals surface area contributed by atoms with Crippen LogP contribution in [0.4, 0.5) is 0 Å². The van der Waals surface area contributed by atoms with Gasteiger partial charge < -0.3 is 25.4 Å². The number of hydrogen-bond acceptors (Lipinski definition) is 4. The summed E-state index contributed by atoms with van der Waals surface area (Å²) < 4.78 is 11.2. The number of amides is 1. The number of aliphatic imine (C=N–C) groups is 1. The average molecular weight is 492 g/mol. The molecule has 0 aliphatic carbocycles. The Morgan fingerprint density at radius 1 is 1.15 bits per heavy atom. The van der Waals surface area contributed by atoms with Crippen molar-refractivity contribution >= 4 is 35.8 Å². The smallest absolute Gasteiger partial charge is 0.239 e. The molecule has 0 unspecified atom stereocenters. The molecular formula is C19H33IN4O3. The van der Waals surface area contributed by atoms with Crippen LogP contribution in [0.15, 0.2) is 23.2 Å². The summed E-state index contributed by atoms with van der Waals surface area (Å²) in [6.45, 7) is 9.17. The molecule has 1 rings (SSSR count). The second kappa shape index (κ2) is 15.5. The number of hydrogen-bond donors (Lipinski definition) is 3. The van der Waals surface area contributed by atoms with Gasteiger partial charge in [-0.05, 0) is 31.9 Å². The largest absolute Gasteiger partial charge is 0.491 e. The highest BCUT2D eigenvalue weighted by molar-refractivity contribution is 14.0. The number of rotatable bonds is 11. The maximum absolute atomic E-state index is 11.7. The number of halogens is 1. The summed E-state index contributed by atoms with van der Waals surface area (Å²) in [4.78, 5) is 15.8. The van der Waals surface area contributed by atoms with Crippen molar-refractivity contribution in [3.8, 4) is 5.75 Å². The molecule has 3 N–H and O–H groups in total. The zero-order chi connectivity index (χ0) is 19.2. The highest BCUT2D eigenvalue weighted by Crippen LogP contribution is 2.20. The lowest BCUT2D eigenvalue weighted by atomic mass is 10.1. The van der Waals surface area contributed by atoms with Crippen LogP contribution in [0.3, 0.4) is 0 Å². The van der Waals surface area contributed by atoms with Crippen LogP contribution in [0.1, 0.15) is 31.4 Å². The van der Waals surface area contributed by atoms with Gasteiger partial charge in [0, 0.05) is 32.3 Å². The molecule has 1 aromatic rings. The third-order valence-corrected chi connectivity index (χ3v) is 3.57. The zero-order valence-corrected chi connectivity index (χ0v) is 19.1. The molecule has 0 saturated carbocycles. The lowest BCUT2D eigenvalue weighted by Crippen LogP contribution is -2.43. The van der Waals surface area contributed by atoms with Crippen molar-refractivity contribution in [1.29, 1.82) is 0 Å². The van der Waals surface area contributed by atoms with E-state index in [0.29, 0.717) is 38.9 Å². The number of aryl methyl sites for hydroxylation is 1. The molecule has 1 amide bonds. The van der Waals surface area contributed by atoms with Crippen LogP contribution in [0.2, 0.25) is 0 Å². The zero-order valence-electron chi connectivity index (χ0n) is 16.8. The van der Waals surface area contributed by atoms with Gasteiger partial charge in [-0.3, -0.25) is 9.79 Å². The summed E-state index contributed by atoms with van der Waals surface area (Å²) >= 11 is 0. The van der Waals surface area contributed by atoms with Crippen LogP contribution >= 0.6 is 24.0 Å². The molecule has 0 aliphatic rings. The molecule has 154 valence electrons. The van der Waals surface area contributed by atoms with E-state index in [4.69, 9.17) is 9.47 Å². The first-order valence-electron chi connectivity index (χ1n) is 9.12. The normalized spacial score (nSPS) is 10.7. The number of benzene rings is 1. The minimum absolute atomic E-state index is 0. The highest BCUT2D eigenvalue weighted by Gasteiger charge is 2.07. The number of carbonyl (C=O) groups is 1. The van der Waals surface area contributed by atoms with E-state index >= 15 is 0 Å². The fourth-order valence-electron chi connectivity index (χ4n) is 2.19. The Balaban J connectivity index is 0.00000676. The van der Waals surface area contributed by atoms with Crippen molar-refractivity contribution in [1.82, 2.24) is 16.0 Å². The number of carbonyl (C=O) groups excluding carboxylic acids is 1. The van der Waals surface area contributed by atoms with E-state index in [-0.39, 0.29) is 36.4 Å². The molecule has 0 bridgehead atoms. The summed E-state index contributed by atoms with van der Waals surface area (Å²) in [6, 6.07) is 6.08. The second-order valence-electron chi connectivity index (χ2n) is 5.79. The van der Waals surface area contributed by atoms with E-state index in [1.54, 1.807) is 7.05 Å². The average Bonchev–Trinajstić information content (AvgIpc) is 2.64. The number of nitrogens with zero attached hydrogens (tertiary/aromatic N) is 1. The van der Waals surface area contributed by atoms with Gasteiger partial charge in [0.2, 0.25) is 5.91 Å². The molecule has 27 heavy (non-hydrogen) atoms. The molecule has 1 aromatic carbocycles. The van der Waals surface area contributed by atoms with Crippen LogP contribution < -0.4 is 20.7 Å². The van der Waals surface area contributed by atoms with E-state index < -0.39 is 0 Å². The predicted octanol–water partition coefficient (Wildman–Crippen LogP) is 2.22. The van der Waals surface area contributed by atoms with Crippen LogP contribution in [-0.4, -0.2) is 51.8 Å². The first kappa shape index (κ1) is 25.4. The molecular weight excluding hydrogens is 459 g/mol. The molecule has 0 saturated heterocycles. The van der Waals surface area contributed by atoms with Crippen molar-refractivity contribution < 1.29 is 14.3 Å². The molecule has 0 spiro atoms. The summed E-state index contributed by atoms with van der Waals surface area (Å²) in [5, 5.41) is 9.03. The van der Waals surface area contributed by atoms with Crippen molar-refractivity contribution in [3.63, 3.8) is 0 Å². The molecule has 0 aromatic heterocycles. The van der Waals surface area contributed by atoms with Crippen molar-refractivity contribution in [2.75, 3.05) is 40.0 Å². The lowest BCUT2D eigenvalue weighted by molar-refractivity contribution is -0.120. The minimum atomic E-state index is -0.0508. The monoisotopic (exact) mass is 492 g/mol. The predicted molar refractivity (Wildman–Crippen MR) is 120 cm³/mol. The van der Waals surface area contributed by atoms with E-state index in [9.17, 15) is 4.79 Å². The summed E-state index contributed by atoms with van der Waals surface area (Å²) in [5.74, 6) is 1.34. The van der Waals surface area contributed by atoms with Crippen molar-refractivity contribution in [2.45, 2.75) is 33.7 Å². The second-order valence-corrected chi connectivity index (χ2v) is 5.79. The summed E-state index contributed by atoms with van der Waals surface area (Å²) in [7, 11) is 1.67. The Kier molecular flexibility index (Phi) is 14.6. The van der Waals surface area contributed by atoms with Gasteiger partial charge in [0.05, 0.1) is 13.2 Å². The van der Waals surface area contributed by atoms with Crippen molar-refractivity contribution in [3.05, 3.63) is 29.3 Å². The Morgan fingerprint density at radius 2 is 1.93 bits per heavy atom.